The molecule has 0 radical (unpaired) electrons. The van der Waals surface area contributed by atoms with E-state index in [2.05, 4.69) is 10.1 Å². The standard InChI is InChI=1S/C14H16N2O5/c1-3-16(7-13(18)20-2)14(19)9-4-5-11-10(6-9)15-12(17)8-21-11/h4-6H,3,7-8H2,1-2H3,(H,15,17). The molecule has 1 aliphatic heterocycles. The maximum Gasteiger partial charge on any atom is 0.325 e. The van der Waals surface area contributed by atoms with Crippen LogP contribution in [0.3, 0.4) is 0 Å². The zero-order valence-corrected chi connectivity index (χ0v) is 11.8. The first-order valence-corrected chi connectivity index (χ1v) is 6.48. The van der Waals surface area contributed by atoms with Crippen LogP contribution in [0.25, 0.3) is 0 Å². The molecule has 7 nitrogen and oxygen atoms in total. The van der Waals surface area contributed by atoms with Gasteiger partial charge in [0.15, 0.2) is 6.61 Å². The molecule has 2 rings (SSSR count). The largest absolute Gasteiger partial charge is 0.482 e. The Hall–Kier alpha value is -2.57. The minimum atomic E-state index is -0.486. The van der Waals surface area contributed by atoms with Gasteiger partial charge in [-0.15, -0.1) is 0 Å². The van der Waals surface area contributed by atoms with Crippen molar-refractivity contribution in [3.63, 3.8) is 0 Å². The van der Waals surface area contributed by atoms with Gasteiger partial charge < -0.3 is 19.7 Å². The third-order valence-electron chi connectivity index (χ3n) is 3.08. The van der Waals surface area contributed by atoms with E-state index in [0.29, 0.717) is 23.5 Å². The number of nitrogens with one attached hydrogen (secondary N) is 1. The van der Waals surface area contributed by atoms with Crippen LogP contribution in [-0.4, -0.2) is 49.5 Å². The highest BCUT2D eigenvalue weighted by atomic mass is 16.5. The number of ether oxygens (including phenoxy) is 2. The highest BCUT2D eigenvalue weighted by molar-refractivity contribution is 6.00. The number of carbonyl (C=O) groups is 3. The Labute approximate surface area is 121 Å². The van der Waals surface area contributed by atoms with Crippen LogP contribution in [0.1, 0.15) is 17.3 Å². The average molecular weight is 292 g/mol. The molecule has 2 amide bonds. The quantitative estimate of drug-likeness (QED) is 0.824. The lowest BCUT2D eigenvalue weighted by Gasteiger charge is -2.22. The van der Waals surface area contributed by atoms with Crippen LogP contribution in [0.4, 0.5) is 5.69 Å². The molecule has 0 saturated carbocycles. The fourth-order valence-corrected chi connectivity index (χ4v) is 1.95. The maximum atomic E-state index is 12.4. The van der Waals surface area contributed by atoms with Crippen molar-refractivity contribution in [2.45, 2.75) is 6.92 Å². The second kappa shape index (κ2) is 6.25. The number of carbonyl (C=O) groups excluding carboxylic acids is 3. The molecular formula is C14H16N2O5. The first-order valence-electron chi connectivity index (χ1n) is 6.48. The number of amides is 2. The second-order valence-corrected chi connectivity index (χ2v) is 4.44. The molecule has 7 heteroatoms. The highest BCUT2D eigenvalue weighted by Gasteiger charge is 2.21. The monoisotopic (exact) mass is 292 g/mol. The third-order valence-corrected chi connectivity index (χ3v) is 3.08. The molecule has 0 atom stereocenters. The van der Waals surface area contributed by atoms with E-state index < -0.39 is 5.97 Å². The summed E-state index contributed by atoms with van der Waals surface area (Å²) in [6, 6.07) is 4.75. The Morgan fingerprint density at radius 2 is 2.19 bits per heavy atom. The molecular weight excluding hydrogens is 276 g/mol. The van der Waals surface area contributed by atoms with E-state index in [1.807, 2.05) is 0 Å². The van der Waals surface area contributed by atoms with Crippen LogP contribution < -0.4 is 10.1 Å². The number of hydrogen-bond acceptors (Lipinski definition) is 5. The molecule has 0 aromatic heterocycles. The molecule has 0 bridgehead atoms. The summed E-state index contributed by atoms with van der Waals surface area (Å²) >= 11 is 0. The van der Waals surface area contributed by atoms with E-state index in [1.165, 1.54) is 18.1 Å². The summed E-state index contributed by atoms with van der Waals surface area (Å²) in [5, 5.41) is 2.64. The Morgan fingerprint density at radius 3 is 2.86 bits per heavy atom. The number of methoxy groups -OCH3 is 1. The molecule has 0 unspecified atom stereocenters. The minimum Gasteiger partial charge on any atom is -0.482 e. The third kappa shape index (κ3) is 3.31. The average Bonchev–Trinajstić information content (AvgIpc) is 2.50. The summed E-state index contributed by atoms with van der Waals surface area (Å²) in [5.74, 6) is -0.554. The molecule has 21 heavy (non-hydrogen) atoms. The number of rotatable bonds is 4. The summed E-state index contributed by atoms with van der Waals surface area (Å²) < 4.78 is 9.79. The first kappa shape index (κ1) is 14.8. The van der Waals surface area contributed by atoms with Crippen LogP contribution in [0.5, 0.6) is 5.75 Å². The number of benzene rings is 1. The second-order valence-electron chi connectivity index (χ2n) is 4.44. The lowest BCUT2D eigenvalue weighted by Crippen LogP contribution is -2.36. The van der Waals surface area contributed by atoms with Gasteiger partial charge in [-0.2, -0.15) is 0 Å². The van der Waals surface area contributed by atoms with Crippen LogP contribution in [0, 0.1) is 0 Å². The van der Waals surface area contributed by atoms with Crippen LogP contribution >= 0.6 is 0 Å². The fourth-order valence-electron chi connectivity index (χ4n) is 1.95. The van der Waals surface area contributed by atoms with Gasteiger partial charge in [-0.25, -0.2) is 0 Å². The van der Waals surface area contributed by atoms with E-state index in [4.69, 9.17) is 4.74 Å². The van der Waals surface area contributed by atoms with Crippen LogP contribution in [0.2, 0.25) is 0 Å². The maximum absolute atomic E-state index is 12.4. The SMILES string of the molecule is CCN(CC(=O)OC)C(=O)c1ccc2c(c1)NC(=O)CO2. The van der Waals surface area contributed by atoms with E-state index in [1.54, 1.807) is 19.1 Å². The molecule has 1 aromatic rings. The molecule has 0 fully saturated rings. The topological polar surface area (TPSA) is 84.9 Å². The first-order chi connectivity index (χ1) is 10.0. The van der Waals surface area contributed by atoms with E-state index in [-0.39, 0.29) is 25.0 Å². The lowest BCUT2D eigenvalue weighted by atomic mass is 10.1. The van der Waals surface area contributed by atoms with Crippen molar-refractivity contribution in [2.75, 3.05) is 32.1 Å². The predicted molar refractivity (Wildman–Crippen MR) is 74.2 cm³/mol. The van der Waals surface area contributed by atoms with Crippen molar-refractivity contribution in [3.8, 4) is 5.75 Å². The van der Waals surface area contributed by atoms with E-state index in [9.17, 15) is 14.4 Å². The summed E-state index contributed by atoms with van der Waals surface area (Å²) in [7, 11) is 1.27. The van der Waals surface area contributed by atoms with Crippen molar-refractivity contribution in [3.05, 3.63) is 23.8 Å². The van der Waals surface area contributed by atoms with Crippen LogP contribution in [-0.2, 0) is 14.3 Å². The molecule has 0 spiro atoms. The summed E-state index contributed by atoms with van der Waals surface area (Å²) in [4.78, 5) is 36.3. The zero-order chi connectivity index (χ0) is 15.4. The van der Waals surface area contributed by atoms with Gasteiger partial charge in [0.05, 0.1) is 12.8 Å². The Balaban J connectivity index is 2.20. The molecule has 1 aromatic carbocycles. The van der Waals surface area contributed by atoms with Gasteiger partial charge >= 0.3 is 5.97 Å². The molecule has 0 aliphatic carbocycles. The number of likely N-dealkylation sites (N-methyl/N-ethyl adjacent to an activating group) is 1. The fraction of sp³-hybridized carbons (Fsp3) is 0.357. The smallest absolute Gasteiger partial charge is 0.325 e. The molecule has 1 N–H and O–H groups in total. The number of esters is 1. The van der Waals surface area contributed by atoms with Gasteiger partial charge in [0, 0.05) is 12.1 Å². The highest BCUT2D eigenvalue weighted by Crippen LogP contribution is 2.28. The summed E-state index contributed by atoms with van der Waals surface area (Å²) in [6.45, 7) is 1.98. The summed E-state index contributed by atoms with van der Waals surface area (Å²) in [5.41, 5.74) is 0.816. The van der Waals surface area contributed by atoms with Gasteiger partial charge in [-0.05, 0) is 25.1 Å². The molecule has 1 aliphatic rings. The van der Waals surface area contributed by atoms with Gasteiger partial charge in [-0.1, -0.05) is 0 Å². The normalized spacial score (nSPS) is 12.8. The Kier molecular flexibility index (Phi) is 4.42. The molecule has 112 valence electrons. The Bertz CT molecular complexity index is 585. The predicted octanol–water partition coefficient (Wildman–Crippen LogP) is 0.653. The summed E-state index contributed by atoms with van der Waals surface area (Å²) in [6.07, 6.45) is 0. The molecule has 1 heterocycles. The van der Waals surface area contributed by atoms with Crippen molar-refractivity contribution in [1.29, 1.82) is 0 Å². The Morgan fingerprint density at radius 1 is 1.43 bits per heavy atom. The molecule has 0 saturated heterocycles. The van der Waals surface area contributed by atoms with Crippen molar-refractivity contribution in [1.82, 2.24) is 4.90 Å². The van der Waals surface area contributed by atoms with Crippen molar-refractivity contribution in [2.24, 2.45) is 0 Å². The van der Waals surface area contributed by atoms with Gasteiger partial charge in [0.25, 0.3) is 11.8 Å². The van der Waals surface area contributed by atoms with Gasteiger partial charge in [0.1, 0.15) is 12.3 Å². The van der Waals surface area contributed by atoms with Gasteiger partial charge in [-0.3, -0.25) is 14.4 Å². The number of fused-ring (bicyclic) bond motifs is 1. The van der Waals surface area contributed by atoms with Gasteiger partial charge in [0.2, 0.25) is 0 Å². The van der Waals surface area contributed by atoms with Crippen LogP contribution in [0.15, 0.2) is 18.2 Å². The number of nitrogens with zero attached hydrogens (tertiary/aromatic N) is 1. The van der Waals surface area contributed by atoms with Crippen molar-refractivity contribution < 1.29 is 23.9 Å². The number of anilines is 1. The van der Waals surface area contributed by atoms with E-state index in [0.717, 1.165) is 0 Å². The number of hydrogen-bond donors (Lipinski definition) is 1. The van der Waals surface area contributed by atoms with Crippen molar-refractivity contribution >= 4 is 23.5 Å². The minimum absolute atomic E-state index is 0.0380. The lowest BCUT2D eigenvalue weighted by molar-refractivity contribution is -0.141. The zero-order valence-electron chi connectivity index (χ0n) is 11.8. The van der Waals surface area contributed by atoms with E-state index >= 15 is 0 Å².